The Kier molecular flexibility index (Phi) is 4.44. The standard InChI is InChI=1S/C16H23NOS/c18-15(11-19-13-6-2-1-3-7-13)14-9-8-12-5-4-10-17-16(12)14/h4-5,10,13-15,18H,1-3,6-9,11H2. The van der Waals surface area contributed by atoms with Gasteiger partial charge in [-0.1, -0.05) is 25.3 Å². The number of fused-ring (bicyclic) bond motifs is 1. The van der Waals surface area contributed by atoms with E-state index in [2.05, 4.69) is 11.1 Å². The SMILES string of the molecule is OC(CSC1CCCCC1)C1CCc2cccnc21. The third-order valence-corrected chi connectivity index (χ3v) is 6.00. The van der Waals surface area contributed by atoms with E-state index in [9.17, 15) is 5.11 Å². The molecule has 0 amide bonds. The number of aryl methyl sites for hydroxylation is 1. The molecule has 1 fully saturated rings. The van der Waals surface area contributed by atoms with Crippen molar-refractivity contribution in [2.75, 3.05) is 5.75 Å². The summed E-state index contributed by atoms with van der Waals surface area (Å²) < 4.78 is 0. The molecular formula is C16H23NOS. The van der Waals surface area contributed by atoms with Crippen molar-refractivity contribution in [3.63, 3.8) is 0 Å². The van der Waals surface area contributed by atoms with E-state index in [1.165, 1.54) is 37.7 Å². The van der Waals surface area contributed by atoms with E-state index in [0.717, 1.165) is 29.5 Å². The predicted octanol–water partition coefficient (Wildman–Crippen LogP) is 3.54. The Labute approximate surface area is 120 Å². The number of aliphatic hydroxyl groups is 1. The van der Waals surface area contributed by atoms with E-state index in [1.54, 1.807) is 0 Å². The monoisotopic (exact) mass is 277 g/mol. The third kappa shape index (κ3) is 3.14. The van der Waals surface area contributed by atoms with Crippen LogP contribution in [0.1, 0.15) is 55.7 Å². The Hall–Kier alpha value is -0.540. The first kappa shape index (κ1) is 13.4. The molecule has 1 saturated carbocycles. The lowest BCUT2D eigenvalue weighted by Crippen LogP contribution is -2.22. The molecule has 1 N–H and O–H groups in total. The van der Waals surface area contributed by atoms with Crippen LogP contribution in [0.15, 0.2) is 18.3 Å². The largest absolute Gasteiger partial charge is 0.392 e. The highest BCUT2D eigenvalue weighted by Crippen LogP contribution is 2.36. The lowest BCUT2D eigenvalue weighted by molar-refractivity contribution is 0.165. The normalized spacial score (nSPS) is 25.2. The van der Waals surface area contributed by atoms with Gasteiger partial charge in [-0.15, -0.1) is 0 Å². The molecule has 2 aliphatic rings. The minimum absolute atomic E-state index is 0.219. The molecule has 104 valence electrons. The van der Waals surface area contributed by atoms with E-state index in [0.29, 0.717) is 0 Å². The maximum absolute atomic E-state index is 10.5. The van der Waals surface area contributed by atoms with Gasteiger partial charge < -0.3 is 5.11 Å². The minimum atomic E-state index is -0.219. The molecule has 0 aliphatic heterocycles. The van der Waals surface area contributed by atoms with Gasteiger partial charge in [0.1, 0.15) is 0 Å². The zero-order valence-corrected chi connectivity index (χ0v) is 12.2. The molecule has 19 heavy (non-hydrogen) atoms. The summed E-state index contributed by atoms with van der Waals surface area (Å²) in [5.41, 5.74) is 2.49. The summed E-state index contributed by atoms with van der Waals surface area (Å²) in [7, 11) is 0. The van der Waals surface area contributed by atoms with Crippen molar-refractivity contribution >= 4 is 11.8 Å². The van der Waals surface area contributed by atoms with Gasteiger partial charge in [-0.05, 0) is 37.3 Å². The molecular weight excluding hydrogens is 254 g/mol. The zero-order valence-electron chi connectivity index (χ0n) is 11.4. The number of rotatable bonds is 4. The average molecular weight is 277 g/mol. The van der Waals surface area contributed by atoms with Crippen LogP contribution in [0, 0.1) is 0 Å². The Morgan fingerprint density at radius 3 is 2.95 bits per heavy atom. The van der Waals surface area contributed by atoms with Crippen LogP contribution in [0.25, 0.3) is 0 Å². The summed E-state index contributed by atoms with van der Waals surface area (Å²) in [6, 6.07) is 4.16. The van der Waals surface area contributed by atoms with Crippen molar-refractivity contribution in [1.29, 1.82) is 0 Å². The number of pyridine rings is 1. The van der Waals surface area contributed by atoms with Gasteiger partial charge in [0.2, 0.25) is 0 Å². The lowest BCUT2D eigenvalue weighted by atomic mass is 10.0. The molecule has 3 heteroatoms. The maximum atomic E-state index is 10.5. The molecule has 1 aromatic rings. The second-order valence-electron chi connectivity index (χ2n) is 5.85. The Balaban J connectivity index is 1.55. The van der Waals surface area contributed by atoms with Crippen LogP contribution < -0.4 is 0 Å². The molecule has 3 rings (SSSR count). The van der Waals surface area contributed by atoms with E-state index in [1.807, 2.05) is 24.0 Å². The predicted molar refractivity (Wildman–Crippen MR) is 80.6 cm³/mol. The highest BCUT2D eigenvalue weighted by Gasteiger charge is 2.30. The fraction of sp³-hybridized carbons (Fsp3) is 0.688. The van der Waals surface area contributed by atoms with E-state index in [4.69, 9.17) is 0 Å². The molecule has 1 aromatic heterocycles. The van der Waals surface area contributed by atoms with Crippen LogP contribution >= 0.6 is 11.8 Å². The average Bonchev–Trinajstić information content (AvgIpc) is 2.90. The van der Waals surface area contributed by atoms with Crippen LogP contribution in [0.2, 0.25) is 0 Å². The van der Waals surface area contributed by atoms with Gasteiger partial charge in [0.25, 0.3) is 0 Å². The second kappa shape index (κ2) is 6.27. The third-order valence-electron chi connectivity index (χ3n) is 4.52. The topological polar surface area (TPSA) is 33.1 Å². The Morgan fingerprint density at radius 1 is 1.26 bits per heavy atom. The fourth-order valence-electron chi connectivity index (χ4n) is 3.40. The van der Waals surface area contributed by atoms with Gasteiger partial charge in [0.15, 0.2) is 0 Å². The number of thioether (sulfide) groups is 1. The number of aromatic nitrogens is 1. The lowest BCUT2D eigenvalue weighted by Gasteiger charge is -2.24. The van der Waals surface area contributed by atoms with Crippen molar-refractivity contribution in [2.24, 2.45) is 0 Å². The summed E-state index contributed by atoms with van der Waals surface area (Å²) >= 11 is 1.99. The van der Waals surface area contributed by atoms with E-state index in [-0.39, 0.29) is 12.0 Å². The van der Waals surface area contributed by atoms with Gasteiger partial charge in [0, 0.05) is 28.8 Å². The van der Waals surface area contributed by atoms with Crippen molar-refractivity contribution in [3.8, 4) is 0 Å². The molecule has 0 radical (unpaired) electrons. The number of hydrogen-bond acceptors (Lipinski definition) is 3. The number of hydrogen-bond donors (Lipinski definition) is 1. The van der Waals surface area contributed by atoms with Crippen LogP contribution in [-0.4, -0.2) is 27.2 Å². The second-order valence-corrected chi connectivity index (χ2v) is 7.19. The Bertz CT molecular complexity index is 417. The summed E-state index contributed by atoms with van der Waals surface area (Å²) in [5, 5.41) is 11.3. The zero-order chi connectivity index (χ0) is 13.1. The van der Waals surface area contributed by atoms with E-state index < -0.39 is 0 Å². The first-order valence-corrected chi connectivity index (χ1v) is 8.63. The van der Waals surface area contributed by atoms with Gasteiger partial charge in [-0.3, -0.25) is 4.98 Å². The summed E-state index contributed by atoms with van der Waals surface area (Å²) in [4.78, 5) is 4.49. The first-order chi connectivity index (χ1) is 9.34. The van der Waals surface area contributed by atoms with Crippen molar-refractivity contribution < 1.29 is 5.11 Å². The molecule has 2 nitrogen and oxygen atoms in total. The molecule has 2 atom stereocenters. The van der Waals surface area contributed by atoms with E-state index >= 15 is 0 Å². The van der Waals surface area contributed by atoms with Crippen molar-refractivity contribution in [3.05, 3.63) is 29.6 Å². The highest BCUT2D eigenvalue weighted by molar-refractivity contribution is 7.99. The van der Waals surface area contributed by atoms with Crippen LogP contribution in [0.3, 0.4) is 0 Å². The van der Waals surface area contributed by atoms with Crippen molar-refractivity contribution in [2.45, 2.75) is 62.2 Å². The fourth-order valence-corrected chi connectivity index (χ4v) is 4.77. The highest BCUT2D eigenvalue weighted by atomic mass is 32.2. The maximum Gasteiger partial charge on any atom is 0.0714 e. The Morgan fingerprint density at radius 2 is 2.11 bits per heavy atom. The summed E-state index contributed by atoms with van der Waals surface area (Å²) in [6.07, 6.45) is 10.6. The van der Waals surface area contributed by atoms with Crippen LogP contribution in [-0.2, 0) is 6.42 Å². The quantitative estimate of drug-likeness (QED) is 0.914. The van der Waals surface area contributed by atoms with Gasteiger partial charge >= 0.3 is 0 Å². The van der Waals surface area contributed by atoms with Crippen molar-refractivity contribution in [1.82, 2.24) is 4.98 Å². The summed E-state index contributed by atoms with van der Waals surface area (Å²) in [6.45, 7) is 0. The van der Waals surface area contributed by atoms with Crippen LogP contribution in [0.5, 0.6) is 0 Å². The number of nitrogens with zero attached hydrogens (tertiary/aromatic N) is 1. The van der Waals surface area contributed by atoms with Crippen LogP contribution in [0.4, 0.5) is 0 Å². The molecule has 0 bridgehead atoms. The van der Waals surface area contributed by atoms with Gasteiger partial charge in [0.05, 0.1) is 6.10 Å². The minimum Gasteiger partial charge on any atom is -0.392 e. The number of aliphatic hydroxyl groups excluding tert-OH is 1. The molecule has 0 saturated heterocycles. The molecule has 0 aromatic carbocycles. The first-order valence-electron chi connectivity index (χ1n) is 7.58. The molecule has 2 aliphatic carbocycles. The molecule has 0 spiro atoms. The molecule has 1 heterocycles. The molecule has 2 unspecified atom stereocenters. The van der Waals surface area contributed by atoms with Gasteiger partial charge in [-0.25, -0.2) is 0 Å². The summed E-state index contributed by atoms with van der Waals surface area (Å²) in [5.74, 6) is 1.15. The smallest absolute Gasteiger partial charge is 0.0714 e. The van der Waals surface area contributed by atoms with Gasteiger partial charge in [-0.2, -0.15) is 11.8 Å².